The second-order valence-corrected chi connectivity index (χ2v) is 8.55. The predicted molar refractivity (Wildman–Crippen MR) is 107 cm³/mol. The smallest absolute Gasteiger partial charge is 0.327 e. The second-order valence-electron chi connectivity index (χ2n) is 6.88. The molecule has 10 heteroatoms. The van der Waals surface area contributed by atoms with Crippen molar-refractivity contribution in [3.63, 3.8) is 0 Å². The summed E-state index contributed by atoms with van der Waals surface area (Å²) in [6.45, 7) is 3.57. The number of carbonyl (C=O) groups is 2. The number of carboxylic acid groups (broad SMARTS) is 1. The molecule has 150 valence electrons. The molecule has 29 heavy (non-hydrogen) atoms. The lowest BCUT2D eigenvalue weighted by molar-refractivity contribution is -0.142. The number of rotatable bonds is 4. The lowest BCUT2D eigenvalue weighted by Gasteiger charge is -2.18. The molecule has 2 aliphatic heterocycles. The molecule has 0 saturated heterocycles. The minimum Gasteiger partial charge on any atom is -0.493 e. The molecule has 1 aromatic heterocycles. The quantitative estimate of drug-likeness (QED) is 0.562. The van der Waals surface area contributed by atoms with Gasteiger partial charge in [-0.2, -0.15) is 0 Å². The van der Waals surface area contributed by atoms with E-state index in [1.165, 1.54) is 10.6 Å². The Morgan fingerprint density at radius 3 is 2.69 bits per heavy atom. The summed E-state index contributed by atoms with van der Waals surface area (Å²) in [5, 5.41) is 21.3. The molecular formula is C19H16N2O6S2. The van der Waals surface area contributed by atoms with Crippen LogP contribution in [0.3, 0.4) is 0 Å². The van der Waals surface area contributed by atoms with Gasteiger partial charge < -0.3 is 19.7 Å². The number of benzene rings is 1. The number of aliphatic carboxylic acids is 1. The minimum absolute atomic E-state index is 0.111. The number of nitrogens with zero attached hydrogens (tertiary/aromatic N) is 2. The van der Waals surface area contributed by atoms with Gasteiger partial charge in [-0.1, -0.05) is 13.8 Å². The van der Waals surface area contributed by atoms with Gasteiger partial charge in [-0.05, 0) is 36.4 Å². The maximum atomic E-state index is 12.5. The van der Waals surface area contributed by atoms with E-state index in [-0.39, 0.29) is 28.1 Å². The number of carbonyl (C=O) groups excluding carboxylic acids is 1. The Kier molecular flexibility index (Phi) is 4.75. The van der Waals surface area contributed by atoms with Crippen LogP contribution in [0, 0.1) is 9.87 Å². The standard InChI is InChI=1S/C19H16N2O6S2/c1-8(2)15(18(24)25)21-17(23)14(29-19(21)28)5-10-3-9-4-12-13(27-7-26-12)6-11(9)20-16(10)22/h3-6,8,15,23H,7H2,1-2H3,(H,24,25)/t15-/m1/s1. The lowest BCUT2D eigenvalue weighted by Crippen LogP contribution is -2.30. The zero-order valence-electron chi connectivity index (χ0n) is 15.4. The van der Waals surface area contributed by atoms with Crippen molar-refractivity contribution < 1.29 is 29.3 Å². The summed E-state index contributed by atoms with van der Waals surface area (Å²) < 4.78 is 12.1. The van der Waals surface area contributed by atoms with E-state index < -0.39 is 17.9 Å². The van der Waals surface area contributed by atoms with Crippen LogP contribution in [-0.2, 0) is 9.59 Å². The normalized spacial score (nSPS) is 17.1. The van der Waals surface area contributed by atoms with Crippen molar-refractivity contribution >= 4 is 47.6 Å². The molecule has 2 aliphatic rings. The van der Waals surface area contributed by atoms with E-state index in [9.17, 15) is 19.8 Å². The van der Waals surface area contributed by atoms with Crippen molar-refractivity contribution in [3.8, 4) is 17.4 Å². The van der Waals surface area contributed by atoms with Crippen LogP contribution < -0.4 is 20.0 Å². The number of aromatic nitrogens is 1. The summed E-state index contributed by atoms with van der Waals surface area (Å²) in [4.78, 5) is 28.5. The molecule has 1 atom stereocenters. The maximum absolute atomic E-state index is 12.5. The van der Waals surface area contributed by atoms with Crippen LogP contribution in [-0.4, -0.2) is 33.4 Å². The van der Waals surface area contributed by atoms with Crippen molar-refractivity contribution in [2.45, 2.75) is 19.9 Å². The van der Waals surface area contributed by atoms with E-state index in [1.54, 1.807) is 32.1 Å². The molecule has 2 N–H and O–H groups in total. The van der Waals surface area contributed by atoms with Gasteiger partial charge in [0.15, 0.2) is 15.5 Å². The largest absolute Gasteiger partial charge is 0.493 e. The molecule has 0 radical (unpaired) electrons. The first-order valence-electron chi connectivity index (χ1n) is 8.69. The van der Waals surface area contributed by atoms with Crippen LogP contribution in [0.25, 0.3) is 12.2 Å². The third-order valence-corrected chi connectivity index (χ3v) is 5.93. The lowest BCUT2D eigenvalue weighted by atomic mass is 10.0. The first kappa shape index (κ1) is 19.3. The number of hydrogen-bond acceptors (Lipinski definition) is 7. The van der Waals surface area contributed by atoms with E-state index >= 15 is 0 Å². The Morgan fingerprint density at radius 1 is 1.34 bits per heavy atom. The van der Waals surface area contributed by atoms with Gasteiger partial charge >= 0.3 is 5.97 Å². The van der Waals surface area contributed by atoms with Crippen LogP contribution in [0.1, 0.15) is 24.8 Å². The average molecular weight is 432 g/mol. The molecule has 0 unspecified atom stereocenters. The summed E-state index contributed by atoms with van der Waals surface area (Å²) >= 11 is 6.30. The Morgan fingerprint density at radius 2 is 2.03 bits per heavy atom. The summed E-state index contributed by atoms with van der Waals surface area (Å²) in [6.07, 6.45) is 3.10. The molecular weight excluding hydrogens is 416 g/mol. The Bertz CT molecular complexity index is 1250. The molecule has 8 nitrogen and oxygen atoms in total. The van der Waals surface area contributed by atoms with Crippen molar-refractivity contribution in [1.82, 2.24) is 4.57 Å². The maximum Gasteiger partial charge on any atom is 0.327 e. The molecule has 0 aliphatic carbocycles. The van der Waals surface area contributed by atoms with Gasteiger partial charge in [-0.3, -0.25) is 9.36 Å². The molecule has 0 fully saturated rings. The second kappa shape index (κ2) is 7.12. The van der Waals surface area contributed by atoms with Gasteiger partial charge in [0.1, 0.15) is 6.04 Å². The number of fused-ring (bicyclic) bond motifs is 2. The first-order valence-corrected chi connectivity index (χ1v) is 9.92. The van der Waals surface area contributed by atoms with Gasteiger partial charge in [0.05, 0.1) is 10.2 Å². The zero-order valence-corrected chi connectivity index (χ0v) is 17.0. The van der Waals surface area contributed by atoms with Crippen LogP contribution in [0.4, 0.5) is 0 Å². The molecule has 0 bridgehead atoms. The van der Waals surface area contributed by atoms with Gasteiger partial charge in [-0.25, -0.2) is 9.79 Å². The molecule has 1 amide bonds. The minimum atomic E-state index is -1.09. The predicted octanol–water partition coefficient (Wildman–Crippen LogP) is 2.02. The number of thiazole rings is 1. The van der Waals surface area contributed by atoms with E-state index in [0.717, 1.165) is 11.3 Å². The summed E-state index contributed by atoms with van der Waals surface area (Å²) in [6, 6.07) is 2.36. The van der Waals surface area contributed by atoms with Crippen LogP contribution in [0.15, 0.2) is 22.7 Å². The number of hydrogen-bond donors (Lipinski definition) is 2. The summed E-state index contributed by atoms with van der Waals surface area (Å²) in [5.74, 6) is -1.07. The fourth-order valence-corrected chi connectivity index (χ4v) is 4.57. The number of aromatic hydroxyl groups is 1. The van der Waals surface area contributed by atoms with Crippen molar-refractivity contribution in [1.29, 1.82) is 0 Å². The van der Waals surface area contributed by atoms with Gasteiger partial charge in [0.25, 0.3) is 5.91 Å². The van der Waals surface area contributed by atoms with Crippen molar-refractivity contribution in [3.05, 3.63) is 37.1 Å². The van der Waals surface area contributed by atoms with Gasteiger partial charge in [-0.15, -0.1) is 11.3 Å². The Balaban J connectivity index is 1.81. The molecule has 4 rings (SSSR count). The molecule has 0 saturated carbocycles. The Hall–Kier alpha value is -2.98. The first-order chi connectivity index (χ1) is 13.8. The zero-order chi connectivity index (χ0) is 20.9. The van der Waals surface area contributed by atoms with E-state index in [2.05, 4.69) is 4.99 Å². The highest BCUT2D eigenvalue weighted by Crippen LogP contribution is 2.35. The molecule has 0 spiro atoms. The molecule has 2 aromatic rings. The summed E-state index contributed by atoms with van der Waals surface area (Å²) in [5.41, 5.74) is 0.242. The fourth-order valence-electron chi connectivity index (χ4n) is 3.23. The van der Waals surface area contributed by atoms with E-state index in [1.807, 2.05) is 0 Å². The molecule has 3 heterocycles. The number of ether oxygens (including phenoxy) is 2. The number of amides is 1. The topological polar surface area (TPSA) is 110 Å². The Labute approximate surface area is 173 Å². The highest BCUT2D eigenvalue weighted by atomic mass is 32.1. The van der Waals surface area contributed by atoms with Crippen molar-refractivity contribution in [2.24, 2.45) is 10.9 Å². The van der Waals surface area contributed by atoms with Gasteiger partial charge in [0.2, 0.25) is 12.7 Å². The third-order valence-electron chi connectivity index (χ3n) is 4.59. The van der Waals surface area contributed by atoms with E-state index in [4.69, 9.17) is 21.7 Å². The van der Waals surface area contributed by atoms with Crippen LogP contribution >= 0.6 is 23.6 Å². The SMILES string of the molecule is CC(C)[C@H](C(=O)O)n1c(O)c(C=C2C=c3cc4c(cc3=NC2=O)OCO4)sc1=S. The van der Waals surface area contributed by atoms with Crippen LogP contribution in [0.2, 0.25) is 0 Å². The number of carboxylic acids is 1. The molecule has 1 aromatic carbocycles. The monoisotopic (exact) mass is 432 g/mol. The third kappa shape index (κ3) is 3.34. The fraction of sp³-hybridized carbons (Fsp3) is 0.263. The van der Waals surface area contributed by atoms with Gasteiger partial charge in [0, 0.05) is 16.9 Å². The summed E-state index contributed by atoms with van der Waals surface area (Å²) in [7, 11) is 0. The van der Waals surface area contributed by atoms with Crippen LogP contribution in [0.5, 0.6) is 17.4 Å². The highest BCUT2D eigenvalue weighted by molar-refractivity contribution is 7.73. The average Bonchev–Trinajstić information content (AvgIpc) is 3.19. The van der Waals surface area contributed by atoms with E-state index in [0.29, 0.717) is 27.0 Å². The van der Waals surface area contributed by atoms with Crippen molar-refractivity contribution in [2.75, 3.05) is 6.79 Å². The highest BCUT2D eigenvalue weighted by Gasteiger charge is 2.28.